The number of oxime groups is 1. The fourth-order valence-electron chi connectivity index (χ4n) is 2.65. The average molecular weight is 486 g/mol. The molecule has 3 rings (SSSR count). The zero-order chi connectivity index (χ0) is 21.3. The maximum atomic E-state index is 9.12. The maximum absolute atomic E-state index is 9.12. The van der Waals surface area contributed by atoms with Crippen LogP contribution < -0.4 is 9.47 Å². The Morgan fingerprint density at radius 3 is 2.50 bits per heavy atom. The number of ether oxygens (including phenoxy) is 2. The molecule has 0 bridgehead atoms. The van der Waals surface area contributed by atoms with Crippen LogP contribution in [0.4, 0.5) is 0 Å². The van der Waals surface area contributed by atoms with Gasteiger partial charge in [-0.2, -0.15) is 5.26 Å². The monoisotopic (exact) mass is 484 g/mol. The van der Waals surface area contributed by atoms with Crippen molar-refractivity contribution in [3.05, 3.63) is 92.4 Å². The van der Waals surface area contributed by atoms with E-state index in [4.69, 9.17) is 31.2 Å². The molecule has 0 aliphatic carbocycles. The summed E-state index contributed by atoms with van der Waals surface area (Å²) in [6.45, 7) is 0.519. The summed E-state index contributed by atoms with van der Waals surface area (Å²) in [5, 5.41) is 13.8. The van der Waals surface area contributed by atoms with E-state index in [9.17, 15) is 0 Å². The molecule has 0 fully saturated rings. The van der Waals surface area contributed by atoms with Crippen molar-refractivity contribution in [2.24, 2.45) is 5.16 Å². The van der Waals surface area contributed by atoms with Gasteiger partial charge in [0, 0.05) is 26.2 Å². The van der Waals surface area contributed by atoms with Crippen LogP contribution in [0.1, 0.15) is 22.3 Å². The Labute approximate surface area is 188 Å². The summed E-state index contributed by atoms with van der Waals surface area (Å²) in [5.41, 5.74) is 2.98. The summed E-state index contributed by atoms with van der Waals surface area (Å²) in [7, 11) is 1.57. The number of benzene rings is 3. The standard InChI is InChI=1S/C23H18BrClN2O3/c1-28-22-10-19(13-27-30-15-17-7-3-2-6-16(17)12-26)20(24)11-23(22)29-14-18-8-4-5-9-21(18)25/h2-11,13H,14-15H2,1H3/b27-13-. The van der Waals surface area contributed by atoms with Crippen LogP contribution >= 0.6 is 27.5 Å². The fourth-order valence-corrected chi connectivity index (χ4v) is 3.26. The first-order valence-electron chi connectivity index (χ1n) is 8.99. The topological polar surface area (TPSA) is 63.8 Å². The normalized spacial score (nSPS) is 10.6. The molecule has 0 unspecified atom stereocenters. The van der Waals surface area contributed by atoms with E-state index in [1.165, 1.54) is 0 Å². The summed E-state index contributed by atoms with van der Waals surface area (Å²) in [6, 6.07) is 20.5. The number of nitrogens with zero attached hydrogens (tertiary/aromatic N) is 2. The second-order valence-electron chi connectivity index (χ2n) is 6.18. The minimum atomic E-state index is 0.202. The van der Waals surface area contributed by atoms with Gasteiger partial charge in [-0.1, -0.05) is 53.2 Å². The summed E-state index contributed by atoms with van der Waals surface area (Å²) in [4.78, 5) is 5.35. The van der Waals surface area contributed by atoms with Crippen molar-refractivity contribution in [2.75, 3.05) is 7.11 Å². The molecule has 0 radical (unpaired) electrons. The Kier molecular flexibility index (Phi) is 7.72. The third-order valence-corrected chi connectivity index (χ3v) is 5.30. The van der Waals surface area contributed by atoms with E-state index < -0.39 is 0 Å². The van der Waals surface area contributed by atoms with Gasteiger partial charge in [0.05, 0.1) is 25.0 Å². The van der Waals surface area contributed by atoms with Crippen molar-refractivity contribution >= 4 is 33.7 Å². The molecular weight excluding hydrogens is 468 g/mol. The van der Waals surface area contributed by atoms with Crippen molar-refractivity contribution in [1.29, 1.82) is 5.26 Å². The van der Waals surface area contributed by atoms with E-state index in [-0.39, 0.29) is 6.61 Å². The Bertz CT molecular complexity index is 1100. The molecule has 0 aliphatic rings. The van der Waals surface area contributed by atoms with Crippen molar-refractivity contribution in [2.45, 2.75) is 13.2 Å². The Balaban J connectivity index is 1.68. The zero-order valence-corrected chi connectivity index (χ0v) is 18.5. The van der Waals surface area contributed by atoms with Gasteiger partial charge in [0.2, 0.25) is 0 Å². The molecule has 30 heavy (non-hydrogen) atoms. The highest BCUT2D eigenvalue weighted by Gasteiger charge is 2.11. The van der Waals surface area contributed by atoms with Gasteiger partial charge in [0.1, 0.15) is 13.2 Å². The van der Waals surface area contributed by atoms with Crippen LogP contribution in [0, 0.1) is 11.3 Å². The van der Waals surface area contributed by atoms with E-state index in [1.54, 1.807) is 25.5 Å². The smallest absolute Gasteiger partial charge is 0.162 e. The lowest BCUT2D eigenvalue weighted by Gasteiger charge is -2.13. The van der Waals surface area contributed by atoms with E-state index in [1.807, 2.05) is 48.5 Å². The number of nitriles is 1. The van der Waals surface area contributed by atoms with E-state index in [2.05, 4.69) is 27.2 Å². The predicted molar refractivity (Wildman–Crippen MR) is 120 cm³/mol. The van der Waals surface area contributed by atoms with Crippen LogP contribution in [0.15, 0.2) is 70.3 Å². The third-order valence-electron chi connectivity index (χ3n) is 4.25. The molecule has 5 nitrogen and oxygen atoms in total. The lowest BCUT2D eigenvalue weighted by atomic mass is 10.1. The minimum Gasteiger partial charge on any atom is -0.493 e. The number of rotatable bonds is 8. The Morgan fingerprint density at radius 1 is 1.03 bits per heavy atom. The molecule has 152 valence electrons. The second-order valence-corrected chi connectivity index (χ2v) is 7.44. The van der Waals surface area contributed by atoms with Gasteiger partial charge in [0.15, 0.2) is 11.5 Å². The summed E-state index contributed by atoms with van der Waals surface area (Å²) >= 11 is 9.70. The molecule has 0 aromatic heterocycles. The van der Waals surface area contributed by atoms with Gasteiger partial charge in [-0.15, -0.1) is 0 Å². The Hall–Kier alpha value is -3.01. The first-order valence-corrected chi connectivity index (χ1v) is 10.2. The second kappa shape index (κ2) is 10.7. The van der Waals surface area contributed by atoms with Gasteiger partial charge in [-0.25, -0.2) is 0 Å². The van der Waals surface area contributed by atoms with Crippen LogP contribution in [0.25, 0.3) is 0 Å². The maximum Gasteiger partial charge on any atom is 0.162 e. The van der Waals surface area contributed by atoms with Gasteiger partial charge < -0.3 is 14.3 Å². The number of hydrogen-bond donors (Lipinski definition) is 0. The molecule has 7 heteroatoms. The van der Waals surface area contributed by atoms with E-state index in [0.29, 0.717) is 28.7 Å². The summed E-state index contributed by atoms with van der Waals surface area (Å²) in [5.74, 6) is 1.13. The highest BCUT2D eigenvalue weighted by molar-refractivity contribution is 9.10. The molecule has 0 heterocycles. The molecule has 0 N–H and O–H groups in total. The molecule has 0 spiro atoms. The van der Waals surface area contributed by atoms with Crippen molar-refractivity contribution in [3.8, 4) is 17.6 Å². The third kappa shape index (κ3) is 5.53. The van der Waals surface area contributed by atoms with Crippen molar-refractivity contribution in [1.82, 2.24) is 0 Å². The molecule has 3 aromatic carbocycles. The molecule has 3 aromatic rings. The quantitative estimate of drug-likeness (QED) is 0.285. The number of halogens is 2. The van der Waals surface area contributed by atoms with Crippen molar-refractivity contribution < 1.29 is 14.3 Å². The lowest BCUT2D eigenvalue weighted by molar-refractivity contribution is 0.132. The molecular formula is C23H18BrClN2O3. The summed E-state index contributed by atoms with van der Waals surface area (Å²) < 4.78 is 12.1. The SMILES string of the molecule is COc1cc(/C=N\OCc2ccccc2C#N)c(Br)cc1OCc1ccccc1Cl. The van der Waals surface area contributed by atoms with E-state index >= 15 is 0 Å². The lowest BCUT2D eigenvalue weighted by Crippen LogP contribution is -2.00. The molecule has 0 saturated carbocycles. The first kappa shape index (κ1) is 21.7. The fraction of sp³-hybridized carbons (Fsp3) is 0.130. The van der Waals surface area contributed by atoms with Crippen LogP contribution in [-0.2, 0) is 18.1 Å². The van der Waals surface area contributed by atoms with Crippen LogP contribution in [-0.4, -0.2) is 13.3 Å². The van der Waals surface area contributed by atoms with Crippen LogP contribution in [0.2, 0.25) is 5.02 Å². The largest absolute Gasteiger partial charge is 0.493 e. The zero-order valence-electron chi connectivity index (χ0n) is 16.1. The van der Waals surface area contributed by atoms with Gasteiger partial charge in [-0.05, 0) is 40.2 Å². The predicted octanol–water partition coefficient (Wildman–Crippen LogP) is 6.11. The molecule has 0 aliphatic heterocycles. The van der Waals surface area contributed by atoms with E-state index in [0.717, 1.165) is 21.2 Å². The average Bonchev–Trinajstić information content (AvgIpc) is 2.77. The summed E-state index contributed by atoms with van der Waals surface area (Å²) in [6.07, 6.45) is 1.57. The van der Waals surface area contributed by atoms with Gasteiger partial charge >= 0.3 is 0 Å². The van der Waals surface area contributed by atoms with Gasteiger partial charge in [0.25, 0.3) is 0 Å². The highest BCUT2D eigenvalue weighted by atomic mass is 79.9. The first-order chi connectivity index (χ1) is 14.6. The molecule has 0 saturated heterocycles. The van der Waals surface area contributed by atoms with Crippen LogP contribution in [0.5, 0.6) is 11.5 Å². The van der Waals surface area contributed by atoms with Crippen LogP contribution in [0.3, 0.4) is 0 Å². The van der Waals surface area contributed by atoms with Gasteiger partial charge in [-0.3, -0.25) is 0 Å². The Morgan fingerprint density at radius 2 is 1.77 bits per heavy atom. The number of hydrogen-bond acceptors (Lipinski definition) is 5. The van der Waals surface area contributed by atoms with Crippen molar-refractivity contribution in [3.63, 3.8) is 0 Å². The minimum absolute atomic E-state index is 0.202. The highest BCUT2D eigenvalue weighted by Crippen LogP contribution is 2.34. The molecule has 0 amide bonds. The molecule has 0 atom stereocenters. The number of methoxy groups -OCH3 is 1.